The monoisotopic (exact) mass is 322 g/mol. The van der Waals surface area contributed by atoms with E-state index in [0.717, 1.165) is 27.1 Å². The van der Waals surface area contributed by atoms with Crippen molar-refractivity contribution in [2.75, 3.05) is 5.32 Å². The molecule has 0 aliphatic rings. The zero-order chi connectivity index (χ0) is 16.0. The number of anilines is 1. The maximum atomic E-state index is 12.4. The van der Waals surface area contributed by atoms with Crippen molar-refractivity contribution in [2.45, 2.75) is 13.8 Å². The van der Waals surface area contributed by atoms with Crippen molar-refractivity contribution in [3.63, 3.8) is 0 Å². The highest BCUT2D eigenvalue weighted by molar-refractivity contribution is 7.22. The van der Waals surface area contributed by atoms with E-state index in [-0.39, 0.29) is 5.91 Å². The fraction of sp³-hybridized carbons (Fsp3) is 0.118. The summed E-state index contributed by atoms with van der Waals surface area (Å²) in [5, 5.41) is 3.44. The fourth-order valence-electron chi connectivity index (χ4n) is 2.56. The molecule has 1 N–H and O–H groups in total. The Morgan fingerprint density at radius 3 is 2.74 bits per heavy atom. The number of amides is 1. The number of para-hydroxylation sites is 1. The molecular formula is C17H14N4OS. The Balaban J connectivity index is 1.67. The lowest BCUT2D eigenvalue weighted by Gasteiger charge is -1.97. The Labute approximate surface area is 136 Å². The second kappa shape index (κ2) is 5.17. The molecule has 4 aromatic rings. The average molecular weight is 322 g/mol. The number of imidazole rings is 1. The minimum Gasteiger partial charge on any atom is -0.304 e. The number of aromatic nitrogens is 3. The molecule has 114 valence electrons. The Hall–Kier alpha value is -2.73. The molecule has 6 heteroatoms. The van der Waals surface area contributed by atoms with E-state index in [1.807, 2.05) is 54.6 Å². The molecule has 1 amide bonds. The first-order valence-corrected chi connectivity index (χ1v) is 8.06. The summed E-state index contributed by atoms with van der Waals surface area (Å²) < 4.78 is 2.96. The number of fused-ring (bicyclic) bond motifs is 2. The van der Waals surface area contributed by atoms with E-state index in [1.165, 1.54) is 11.3 Å². The van der Waals surface area contributed by atoms with Crippen molar-refractivity contribution in [1.29, 1.82) is 0 Å². The van der Waals surface area contributed by atoms with Crippen molar-refractivity contribution in [2.24, 2.45) is 0 Å². The molecular weight excluding hydrogens is 308 g/mol. The van der Waals surface area contributed by atoms with E-state index in [0.29, 0.717) is 10.8 Å². The average Bonchev–Trinajstić information content (AvgIpc) is 3.12. The summed E-state index contributed by atoms with van der Waals surface area (Å²) in [7, 11) is 0. The number of pyridine rings is 1. The van der Waals surface area contributed by atoms with Crippen LogP contribution >= 0.6 is 11.3 Å². The van der Waals surface area contributed by atoms with Gasteiger partial charge in [0.05, 0.1) is 10.2 Å². The van der Waals surface area contributed by atoms with Gasteiger partial charge in [0.2, 0.25) is 0 Å². The second-order valence-electron chi connectivity index (χ2n) is 5.42. The van der Waals surface area contributed by atoms with Gasteiger partial charge < -0.3 is 4.40 Å². The van der Waals surface area contributed by atoms with Crippen molar-refractivity contribution < 1.29 is 4.79 Å². The molecule has 1 aromatic carbocycles. The van der Waals surface area contributed by atoms with Gasteiger partial charge in [-0.1, -0.05) is 29.5 Å². The summed E-state index contributed by atoms with van der Waals surface area (Å²) >= 11 is 1.47. The summed E-state index contributed by atoms with van der Waals surface area (Å²) in [5.41, 5.74) is 4.21. The van der Waals surface area contributed by atoms with Crippen LogP contribution in [0.3, 0.4) is 0 Å². The van der Waals surface area contributed by atoms with Gasteiger partial charge >= 0.3 is 0 Å². The lowest BCUT2D eigenvalue weighted by Crippen LogP contribution is -2.11. The molecule has 0 spiro atoms. The molecule has 0 radical (unpaired) electrons. The fourth-order valence-corrected chi connectivity index (χ4v) is 3.50. The zero-order valence-corrected chi connectivity index (χ0v) is 13.5. The highest BCUT2D eigenvalue weighted by Crippen LogP contribution is 2.28. The third kappa shape index (κ3) is 2.37. The topological polar surface area (TPSA) is 59.3 Å². The van der Waals surface area contributed by atoms with Crippen LogP contribution in [-0.2, 0) is 0 Å². The van der Waals surface area contributed by atoms with Crippen LogP contribution < -0.4 is 5.32 Å². The summed E-state index contributed by atoms with van der Waals surface area (Å²) in [6.45, 7) is 3.99. The number of hydrogen-bond acceptors (Lipinski definition) is 4. The van der Waals surface area contributed by atoms with Crippen molar-refractivity contribution in [3.05, 3.63) is 59.5 Å². The van der Waals surface area contributed by atoms with Gasteiger partial charge in [-0.15, -0.1) is 0 Å². The molecule has 0 bridgehead atoms. The maximum absolute atomic E-state index is 12.4. The van der Waals surface area contributed by atoms with Crippen LogP contribution in [-0.4, -0.2) is 20.3 Å². The first kappa shape index (κ1) is 13.9. The Bertz CT molecular complexity index is 1050. The second-order valence-corrected chi connectivity index (χ2v) is 6.45. The van der Waals surface area contributed by atoms with Crippen LogP contribution in [0.1, 0.15) is 21.7 Å². The Morgan fingerprint density at radius 2 is 1.96 bits per heavy atom. The number of carbonyl (C=O) groups is 1. The number of carbonyl (C=O) groups excluding carboxylic acids is 1. The van der Waals surface area contributed by atoms with E-state index >= 15 is 0 Å². The SMILES string of the molecule is Cc1cccc2sc(NC(=O)c3cn4c(C)cccc4n3)nc12. The standard InChI is InChI=1S/C17H14N4OS/c1-10-5-3-7-13-15(10)19-17(23-13)20-16(22)12-9-21-11(2)6-4-8-14(21)18-12/h3-9H,1-2H3,(H,19,20,22). The van der Waals surface area contributed by atoms with Crippen molar-refractivity contribution >= 4 is 38.2 Å². The molecule has 0 saturated heterocycles. The number of hydrogen-bond donors (Lipinski definition) is 1. The summed E-state index contributed by atoms with van der Waals surface area (Å²) in [6.07, 6.45) is 1.75. The third-order valence-electron chi connectivity index (χ3n) is 3.77. The highest BCUT2D eigenvalue weighted by atomic mass is 32.1. The number of rotatable bonds is 2. The van der Waals surface area contributed by atoms with Gasteiger partial charge in [0, 0.05) is 11.9 Å². The van der Waals surface area contributed by atoms with Crippen LogP contribution in [0.5, 0.6) is 0 Å². The molecule has 3 aromatic heterocycles. The van der Waals surface area contributed by atoms with Gasteiger partial charge in [-0.25, -0.2) is 9.97 Å². The lowest BCUT2D eigenvalue weighted by molar-refractivity contribution is 0.102. The van der Waals surface area contributed by atoms with Gasteiger partial charge in [0.15, 0.2) is 5.13 Å². The van der Waals surface area contributed by atoms with Crippen LogP contribution in [0.25, 0.3) is 15.9 Å². The molecule has 0 atom stereocenters. The molecule has 0 saturated carbocycles. The maximum Gasteiger partial charge on any atom is 0.277 e. The largest absolute Gasteiger partial charge is 0.304 e. The molecule has 3 heterocycles. The smallest absolute Gasteiger partial charge is 0.277 e. The van der Waals surface area contributed by atoms with E-state index in [9.17, 15) is 4.79 Å². The van der Waals surface area contributed by atoms with Gasteiger partial charge in [-0.2, -0.15) is 0 Å². The van der Waals surface area contributed by atoms with Crippen LogP contribution in [0, 0.1) is 13.8 Å². The number of thiazole rings is 1. The van der Waals surface area contributed by atoms with Gasteiger partial charge in [0.1, 0.15) is 11.3 Å². The normalized spacial score (nSPS) is 11.2. The minimum absolute atomic E-state index is 0.246. The van der Waals surface area contributed by atoms with Gasteiger partial charge in [0.25, 0.3) is 5.91 Å². The Kier molecular flexibility index (Phi) is 3.12. The first-order chi connectivity index (χ1) is 11.1. The predicted molar refractivity (Wildman–Crippen MR) is 92.2 cm³/mol. The third-order valence-corrected chi connectivity index (χ3v) is 4.71. The first-order valence-electron chi connectivity index (χ1n) is 7.24. The van der Waals surface area contributed by atoms with Crippen LogP contribution in [0.15, 0.2) is 42.6 Å². The van der Waals surface area contributed by atoms with E-state index < -0.39 is 0 Å². The van der Waals surface area contributed by atoms with Crippen molar-refractivity contribution in [3.8, 4) is 0 Å². The number of aryl methyl sites for hydroxylation is 2. The van der Waals surface area contributed by atoms with Crippen molar-refractivity contribution in [1.82, 2.24) is 14.4 Å². The molecule has 23 heavy (non-hydrogen) atoms. The van der Waals surface area contributed by atoms with Crippen LogP contribution in [0.2, 0.25) is 0 Å². The summed E-state index contributed by atoms with van der Waals surface area (Å²) in [5.74, 6) is -0.246. The predicted octanol–water partition coefficient (Wildman–Crippen LogP) is 3.81. The molecule has 0 aliphatic carbocycles. The van der Waals surface area contributed by atoms with E-state index in [4.69, 9.17) is 0 Å². The number of benzene rings is 1. The van der Waals surface area contributed by atoms with Gasteiger partial charge in [-0.05, 0) is 37.6 Å². The summed E-state index contributed by atoms with van der Waals surface area (Å²) in [6, 6.07) is 11.8. The zero-order valence-electron chi connectivity index (χ0n) is 12.7. The molecule has 0 unspecified atom stereocenters. The number of nitrogens with zero attached hydrogens (tertiary/aromatic N) is 3. The highest BCUT2D eigenvalue weighted by Gasteiger charge is 2.14. The Morgan fingerprint density at radius 1 is 1.13 bits per heavy atom. The summed E-state index contributed by atoms with van der Waals surface area (Å²) in [4.78, 5) is 21.3. The molecule has 5 nitrogen and oxygen atoms in total. The lowest BCUT2D eigenvalue weighted by atomic mass is 10.2. The molecule has 0 aliphatic heterocycles. The minimum atomic E-state index is -0.246. The molecule has 4 rings (SSSR count). The number of nitrogens with one attached hydrogen (secondary N) is 1. The van der Waals surface area contributed by atoms with E-state index in [1.54, 1.807) is 6.20 Å². The van der Waals surface area contributed by atoms with Crippen LogP contribution in [0.4, 0.5) is 5.13 Å². The quantitative estimate of drug-likeness (QED) is 0.610. The van der Waals surface area contributed by atoms with Gasteiger partial charge in [-0.3, -0.25) is 10.1 Å². The molecule has 0 fully saturated rings. The van der Waals surface area contributed by atoms with E-state index in [2.05, 4.69) is 15.3 Å².